The van der Waals surface area contributed by atoms with Crippen LogP contribution in [0.25, 0.3) is 5.76 Å². The highest BCUT2D eigenvalue weighted by Crippen LogP contribution is 2.44. The number of hydrogen-bond donors (Lipinski definition) is 1. The molecule has 3 aromatic rings. The van der Waals surface area contributed by atoms with Crippen molar-refractivity contribution in [2.75, 3.05) is 4.90 Å². The Bertz CT molecular complexity index is 1230. The number of amides is 1. The van der Waals surface area contributed by atoms with E-state index in [1.807, 2.05) is 19.1 Å². The number of benzene rings is 3. The van der Waals surface area contributed by atoms with Crippen molar-refractivity contribution in [2.24, 2.45) is 0 Å². The predicted octanol–water partition coefficient (Wildman–Crippen LogP) is 6.32. The number of carbonyl (C=O) groups excluding carboxylic acids is 2. The molecule has 0 aliphatic carbocycles. The molecule has 0 aromatic heterocycles. The van der Waals surface area contributed by atoms with Crippen molar-refractivity contribution in [3.63, 3.8) is 0 Å². The van der Waals surface area contributed by atoms with Gasteiger partial charge in [0.2, 0.25) is 0 Å². The van der Waals surface area contributed by atoms with E-state index < -0.39 is 23.5 Å². The zero-order valence-corrected chi connectivity index (χ0v) is 18.5. The first kappa shape index (κ1) is 22.1. The van der Waals surface area contributed by atoms with Gasteiger partial charge in [0, 0.05) is 26.9 Å². The van der Waals surface area contributed by atoms with Gasteiger partial charge in [0.1, 0.15) is 11.6 Å². The maximum absolute atomic E-state index is 14.9. The van der Waals surface area contributed by atoms with Crippen LogP contribution < -0.4 is 4.90 Å². The van der Waals surface area contributed by atoms with Crippen LogP contribution in [0.1, 0.15) is 29.7 Å². The van der Waals surface area contributed by atoms with E-state index in [4.69, 9.17) is 23.2 Å². The Balaban J connectivity index is 1.97. The van der Waals surface area contributed by atoms with Crippen molar-refractivity contribution < 1.29 is 19.1 Å². The molecular weight excluding hydrogens is 452 g/mol. The Morgan fingerprint density at radius 1 is 1.00 bits per heavy atom. The highest BCUT2D eigenvalue weighted by Gasteiger charge is 2.48. The normalized spacial score (nSPS) is 17.8. The summed E-state index contributed by atoms with van der Waals surface area (Å²) in [5, 5.41) is 11.6. The summed E-state index contributed by atoms with van der Waals surface area (Å²) >= 11 is 12.2. The summed E-state index contributed by atoms with van der Waals surface area (Å²) in [4.78, 5) is 27.3. The van der Waals surface area contributed by atoms with E-state index >= 15 is 0 Å². The number of nitrogens with zero attached hydrogens (tertiary/aromatic N) is 1. The first-order chi connectivity index (χ1) is 15.3. The molecule has 7 heteroatoms. The van der Waals surface area contributed by atoms with E-state index in [0.717, 1.165) is 16.9 Å². The molecule has 1 unspecified atom stereocenters. The highest BCUT2D eigenvalue weighted by molar-refractivity contribution is 6.52. The minimum Gasteiger partial charge on any atom is -0.507 e. The van der Waals surface area contributed by atoms with Crippen molar-refractivity contribution in [1.29, 1.82) is 0 Å². The number of hydrogen-bond acceptors (Lipinski definition) is 3. The van der Waals surface area contributed by atoms with Crippen LogP contribution in [0.15, 0.2) is 72.3 Å². The van der Waals surface area contributed by atoms with Gasteiger partial charge in [-0.1, -0.05) is 72.6 Å². The predicted molar refractivity (Wildman–Crippen MR) is 123 cm³/mol. The van der Waals surface area contributed by atoms with Gasteiger partial charge in [-0.2, -0.15) is 0 Å². The number of carbonyl (C=O) groups is 2. The van der Waals surface area contributed by atoms with Crippen molar-refractivity contribution >= 4 is 46.3 Å². The average Bonchev–Trinajstić information content (AvgIpc) is 3.03. The highest BCUT2D eigenvalue weighted by atomic mass is 35.5. The molecule has 1 heterocycles. The second kappa shape index (κ2) is 8.77. The lowest BCUT2D eigenvalue weighted by Crippen LogP contribution is -2.29. The SMILES string of the molecule is CCc1ccc(/C(O)=C2\C(=O)C(=O)N(c3cc(Cl)cc(Cl)c3)C2c2ccccc2F)cc1. The molecule has 1 fully saturated rings. The first-order valence-corrected chi connectivity index (χ1v) is 10.7. The maximum Gasteiger partial charge on any atom is 0.300 e. The van der Waals surface area contributed by atoms with Crippen molar-refractivity contribution in [1.82, 2.24) is 0 Å². The fourth-order valence-electron chi connectivity index (χ4n) is 3.82. The lowest BCUT2D eigenvalue weighted by Gasteiger charge is -2.26. The molecule has 4 nitrogen and oxygen atoms in total. The van der Waals surface area contributed by atoms with Crippen LogP contribution in [0.3, 0.4) is 0 Å². The summed E-state index contributed by atoms with van der Waals surface area (Å²) in [5.41, 5.74) is 1.47. The quantitative estimate of drug-likeness (QED) is 0.276. The number of ketones is 1. The Labute approximate surface area is 194 Å². The van der Waals surface area contributed by atoms with Gasteiger partial charge in [0.15, 0.2) is 0 Å². The van der Waals surface area contributed by atoms with Gasteiger partial charge in [-0.25, -0.2) is 4.39 Å². The molecule has 1 aliphatic heterocycles. The Kier molecular flexibility index (Phi) is 6.04. The molecule has 0 radical (unpaired) electrons. The Morgan fingerprint density at radius 3 is 2.22 bits per heavy atom. The lowest BCUT2D eigenvalue weighted by atomic mass is 9.94. The third-order valence-electron chi connectivity index (χ3n) is 5.41. The molecular formula is C25H18Cl2FNO3. The molecule has 3 aromatic carbocycles. The molecule has 0 bridgehead atoms. The largest absolute Gasteiger partial charge is 0.507 e. The maximum atomic E-state index is 14.9. The summed E-state index contributed by atoms with van der Waals surface area (Å²) < 4.78 is 14.9. The van der Waals surface area contributed by atoms with Gasteiger partial charge in [-0.3, -0.25) is 14.5 Å². The van der Waals surface area contributed by atoms with Gasteiger partial charge in [0.05, 0.1) is 11.6 Å². The van der Waals surface area contributed by atoms with Crippen LogP contribution in [0.2, 0.25) is 10.0 Å². The third kappa shape index (κ3) is 3.90. The van der Waals surface area contributed by atoms with E-state index in [1.54, 1.807) is 18.2 Å². The van der Waals surface area contributed by atoms with E-state index in [1.165, 1.54) is 36.4 Å². The molecule has 1 saturated heterocycles. The van der Waals surface area contributed by atoms with Crippen LogP contribution >= 0.6 is 23.2 Å². The van der Waals surface area contributed by atoms with Gasteiger partial charge < -0.3 is 5.11 Å². The number of rotatable bonds is 4. The number of aliphatic hydroxyl groups is 1. The van der Waals surface area contributed by atoms with E-state index in [2.05, 4.69) is 0 Å². The second-order valence-corrected chi connectivity index (χ2v) is 8.24. The summed E-state index contributed by atoms with van der Waals surface area (Å²) in [6, 6.07) is 16.0. The number of aryl methyl sites for hydroxylation is 1. The zero-order chi connectivity index (χ0) is 23.0. The third-order valence-corrected chi connectivity index (χ3v) is 5.84. The molecule has 162 valence electrons. The topological polar surface area (TPSA) is 57.6 Å². The number of anilines is 1. The Hall–Kier alpha value is -3.15. The second-order valence-electron chi connectivity index (χ2n) is 7.37. The lowest BCUT2D eigenvalue weighted by molar-refractivity contribution is -0.132. The Morgan fingerprint density at radius 2 is 1.62 bits per heavy atom. The fourth-order valence-corrected chi connectivity index (χ4v) is 4.34. The molecule has 1 N–H and O–H groups in total. The van der Waals surface area contributed by atoms with Gasteiger partial charge in [0.25, 0.3) is 11.7 Å². The summed E-state index contributed by atoms with van der Waals surface area (Å²) in [7, 11) is 0. The van der Waals surface area contributed by atoms with Crippen LogP contribution in [0, 0.1) is 5.82 Å². The van der Waals surface area contributed by atoms with Crippen LogP contribution in [-0.4, -0.2) is 16.8 Å². The summed E-state index contributed by atoms with van der Waals surface area (Å²) in [6.45, 7) is 1.99. The summed E-state index contributed by atoms with van der Waals surface area (Å²) in [5.74, 6) is -2.84. The molecule has 4 rings (SSSR count). The molecule has 1 amide bonds. The number of Topliss-reactive ketones (excluding diaryl/α,β-unsaturated/α-hetero) is 1. The number of halogens is 3. The van der Waals surface area contributed by atoms with Crippen LogP contribution in [0.5, 0.6) is 0 Å². The minimum absolute atomic E-state index is 0.0644. The monoisotopic (exact) mass is 469 g/mol. The molecule has 1 atom stereocenters. The van der Waals surface area contributed by atoms with Crippen molar-refractivity contribution in [2.45, 2.75) is 19.4 Å². The molecule has 0 saturated carbocycles. The smallest absolute Gasteiger partial charge is 0.300 e. The van der Waals surface area contributed by atoms with Gasteiger partial charge in [-0.15, -0.1) is 0 Å². The van der Waals surface area contributed by atoms with Crippen molar-refractivity contribution in [3.05, 3.63) is 105 Å². The van der Waals surface area contributed by atoms with E-state index in [-0.39, 0.29) is 32.6 Å². The van der Waals surface area contributed by atoms with E-state index in [9.17, 15) is 19.1 Å². The van der Waals surface area contributed by atoms with Crippen molar-refractivity contribution in [3.8, 4) is 0 Å². The first-order valence-electron chi connectivity index (χ1n) is 9.92. The molecule has 1 aliphatic rings. The fraction of sp³-hybridized carbons (Fsp3) is 0.120. The van der Waals surface area contributed by atoms with Crippen LogP contribution in [-0.2, 0) is 16.0 Å². The van der Waals surface area contributed by atoms with Gasteiger partial charge >= 0.3 is 0 Å². The van der Waals surface area contributed by atoms with E-state index in [0.29, 0.717) is 5.56 Å². The van der Waals surface area contributed by atoms with Crippen LogP contribution in [0.4, 0.5) is 10.1 Å². The average molecular weight is 470 g/mol. The number of aliphatic hydroxyl groups excluding tert-OH is 1. The summed E-state index contributed by atoms with van der Waals surface area (Å²) in [6.07, 6.45) is 0.802. The van der Waals surface area contributed by atoms with Gasteiger partial charge in [-0.05, 0) is 36.2 Å². The minimum atomic E-state index is -1.20. The standard InChI is InChI=1S/C25H18Cl2FNO3/c1-2-14-7-9-15(10-8-14)23(30)21-22(19-5-3-4-6-20(19)28)29(25(32)24(21)31)18-12-16(26)11-17(27)13-18/h3-13,22,30H,2H2,1H3/b23-21+. The zero-order valence-electron chi connectivity index (χ0n) is 17.0. The molecule has 32 heavy (non-hydrogen) atoms. The molecule has 0 spiro atoms.